The number of hydrogen-bond donors (Lipinski definition) is 1. The van der Waals surface area contributed by atoms with Crippen LogP contribution in [0.5, 0.6) is 5.75 Å². The summed E-state index contributed by atoms with van der Waals surface area (Å²) in [6.45, 7) is 0. The number of carboxylic acid groups (broad SMARTS) is 1. The molecule has 0 aromatic carbocycles. The molecule has 0 unspecified atom stereocenters. The van der Waals surface area contributed by atoms with Gasteiger partial charge in [-0.15, -0.1) is 5.26 Å². The fraction of sp³-hybridized carbons (Fsp3) is 0. The molecule has 5 nitrogen and oxygen atoms in total. The molecule has 0 spiro atoms. The number of nitriles is 1. The van der Waals surface area contributed by atoms with Gasteiger partial charge in [0.2, 0.25) is 0 Å². The molecule has 1 aromatic rings. The van der Waals surface area contributed by atoms with Gasteiger partial charge >= 0.3 is 5.97 Å². The summed E-state index contributed by atoms with van der Waals surface area (Å²) in [5, 5.41) is 16.5. The highest BCUT2D eigenvalue weighted by Crippen LogP contribution is 2.07. The molecule has 0 aliphatic heterocycles. The molecule has 5 heteroatoms. The van der Waals surface area contributed by atoms with Crippen molar-refractivity contribution in [1.29, 1.82) is 5.26 Å². The van der Waals surface area contributed by atoms with Crippen LogP contribution in [-0.2, 0) is 0 Å². The van der Waals surface area contributed by atoms with Gasteiger partial charge in [0.15, 0.2) is 5.75 Å². The molecular weight excluding hydrogens is 160 g/mol. The Hall–Kier alpha value is -2.09. The Bertz CT molecular complexity index is 325. The molecule has 12 heavy (non-hydrogen) atoms. The summed E-state index contributed by atoms with van der Waals surface area (Å²) < 4.78 is 4.39. The molecule has 0 fully saturated rings. The van der Waals surface area contributed by atoms with Crippen molar-refractivity contribution in [2.45, 2.75) is 0 Å². The van der Waals surface area contributed by atoms with E-state index in [9.17, 15) is 4.79 Å². The highest BCUT2D eigenvalue weighted by Gasteiger charge is 2.03. The largest absolute Gasteiger partial charge is 0.477 e. The Morgan fingerprint density at radius 2 is 2.42 bits per heavy atom. The van der Waals surface area contributed by atoms with E-state index in [1.165, 1.54) is 24.6 Å². The van der Waals surface area contributed by atoms with Gasteiger partial charge in [0.25, 0.3) is 6.26 Å². The van der Waals surface area contributed by atoms with Gasteiger partial charge in [0.05, 0.1) is 6.20 Å². The SMILES string of the molecule is N#COc1ccc(C(=O)O)nc1. The zero-order chi connectivity index (χ0) is 8.97. The number of aromatic carboxylic acids is 1. The van der Waals surface area contributed by atoms with Gasteiger partial charge in [-0.05, 0) is 12.1 Å². The third-order valence-electron chi connectivity index (χ3n) is 1.12. The van der Waals surface area contributed by atoms with Gasteiger partial charge in [-0.3, -0.25) is 0 Å². The zero-order valence-corrected chi connectivity index (χ0v) is 5.89. The van der Waals surface area contributed by atoms with Crippen molar-refractivity contribution < 1.29 is 14.6 Å². The number of pyridine rings is 1. The van der Waals surface area contributed by atoms with Crippen LogP contribution >= 0.6 is 0 Å². The van der Waals surface area contributed by atoms with Crippen LogP contribution in [-0.4, -0.2) is 16.1 Å². The Labute approximate surface area is 67.8 Å². The average Bonchev–Trinajstić information content (AvgIpc) is 2.06. The summed E-state index contributed by atoms with van der Waals surface area (Å²) in [4.78, 5) is 13.8. The number of carboxylic acids is 1. The molecule has 1 N–H and O–H groups in total. The molecule has 1 rings (SSSR count). The molecular formula is C7H4N2O3. The van der Waals surface area contributed by atoms with Crippen LogP contribution in [0, 0.1) is 11.5 Å². The van der Waals surface area contributed by atoms with E-state index in [1.54, 1.807) is 0 Å². The number of rotatable bonds is 2. The minimum atomic E-state index is -1.11. The Kier molecular flexibility index (Phi) is 2.23. The van der Waals surface area contributed by atoms with Crippen molar-refractivity contribution in [3.63, 3.8) is 0 Å². The topological polar surface area (TPSA) is 83.2 Å². The second kappa shape index (κ2) is 3.34. The quantitative estimate of drug-likeness (QED) is 0.648. The fourth-order valence-corrected chi connectivity index (χ4v) is 0.620. The fourth-order valence-electron chi connectivity index (χ4n) is 0.620. The highest BCUT2D eigenvalue weighted by atomic mass is 16.5. The van der Waals surface area contributed by atoms with E-state index in [2.05, 4.69) is 9.72 Å². The molecule has 0 bridgehead atoms. The van der Waals surface area contributed by atoms with Crippen molar-refractivity contribution in [1.82, 2.24) is 4.98 Å². The third kappa shape index (κ3) is 1.70. The van der Waals surface area contributed by atoms with Gasteiger partial charge in [0.1, 0.15) is 5.69 Å². The lowest BCUT2D eigenvalue weighted by Gasteiger charge is -1.94. The van der Waals surface area contributed by atoms with E-state index in [-0.39, 0.29) is 11.4 Å². The first-order chi connectivity index (χ1) is 5.74. The Balaban J connectivity index is 2.87. The molecule has 0 atom stereocenters. The van der Waals surface area contributed by atoms with Crippen LogP contribution < -0.4 is 4.74 Å². The van der Waals surface area contributed by atoms with Crippen LogP contribution in [0.3, 0.4) is 0 Å². The first-order valence-corrected chi connectivity index (χ1v) is 2.99. The number of nitrogens with zero attached hydrogens (tertiary/aromatic N) is 2. The van der Waals surface area contributed by atoms with Gasteiger partial charge < -0.3 is 9.84 Å². The van der Waals surface area contributed by atoms with Crippen molar-refractivity contribution in [3.8, 4) is 12.0 Å². The van der Waals surface area contributed by atoms with Crippen molar-refractivity contribution in [3.05, 3.63) is 24.0 Å². The van der Waals surface area contributed by atoms with Gasteiger partial charge in [0, 0.05) is 0 Å². The van der Waals surface area contributed by atoms with Crippen molar-refractivity contribution in [2.24, 2.45) is 0 Å². The normalized spacial score (nSPS) is 8.58. The molecule has 1 aromatic heterocycles. The standard InChI is InChI=1S/C7H4N2O3/c8-4-12-5-1-2-6(7(10)11)9-3-5/h1-3H,(H,10,11). The van der Waals surface area contributed by atoms with Crippen molar-refractivity contribution >= 4 is 5.97 Å². The predicted octanol–water partition coefficient (Wildman–Crippen LogP) is 0.640. The summed E-state index contributed by atoms with van der Waals surface area (Å²) in [6.07, 6.45) is 2.62. The maximum absolute atomic E-state index is 10.3. The number of ether oxygens (including phenoxy) is 1. The van der Waals surface area contributed by atoms with E-state index in [0.717, 1.165) is 0 Å². The lowest BCUT2D eigenvalue weighted by Crippen LogP contribution is -1.99. The van der Waals surface area contributed by atoms with Gasteiger partial charge in [-0.25, -0.2) is 9.78 Å². The molecule has 0 radical (unpaired) electrons. The number of carbonyl (C=O) groups is 1. The maximum atomic E-state index is 10.3. The summed E-state index contributed by atoms with van der Waals surface area (Å²) in [5.74, 6) is -0.888. The average molecular weight is 164 g/mol. The summed E-state index contributed by atoms with van der Waals surface area (Å²) in [7, 11) is 0. The lowest BCUT2D eigenvalue weighted by atomic mass is 10.3. The maximum Gasteiger partial charge on any atom is 0.354 e. The third-order valence-corrected chi connectivity index (χ3v) is 1.12. The second-order valence-electron chi connectivity index (χ2n) is 1.88. The van der Waals surface area contributed by atoms with Gasteiger partial charge in [-0.1, -0.05) is 0 Å². The second-order valence-corrected chi connectivity index (χ2v) is 1.88. The van der Waals surface area contributed by atoms with E-state index >= 15 is 0 Å². The van der Waals surface area contributed by atoms with Crippen LogP contribution in [0.2, 0.25) is 0 Å². The first-order valence-electron chi connectivity index (χ1n) is 2.99. The zero-order valence-electron chi connectivity index (χ0n) is 5.89. The van der Waals surface area contributed by atoms with Crippen LogP contribution in [0.15, 0.2) is 18.3 Å². The first kappa shape index (κ1) is 8.01. The number of hydrogen-bond acceptors (Lipinski definition) is 4. The Morgan fingerprint density at radius 1 is 1.67 bits per heavy atom. The molecule has 0 saturated heterocycles. The monoisotopic (exact) mass is 164 g/mol. The lowest BCUT2D eigenvalue weighted by molar-refractivity contribution is 0.0690. The molecule has 0 aliphatic rings. The molecule has 60 valence electrons. The van der Waals surface area contributed by atoms with Gasteiger partial charge in [-0.2, -0.15) is 0 Å². The molecule has 1 heterocycles. The van der Waals surface area contributed by atoms with Crippen LogP contribution in [0.1, 0.15) is 10.5 Å². The predicted molar refractivity (Wildman–Crippen MR) is 37.4 cm³/mol. The molecule has 0 aliphatic carbocycles. The highest BCUT2D eigenvalue weighted by molar-refractivity contribution is 5.85. The van der Waals surface area contributed by atoms with E-state index in [1.807, 2.05) is 0 Å². The number of aromatic nitrogens is 1. The summed E-state index contributed by atoms with van der Waals surface area (Å²) in [6, 6.07) is 2.62. The van der Waals surface area contributed by atoms with Crippen LogP contribution in [0.25, 0.3) is 0 Å². The summed E-state index contributed by atoms with van der Waals surface area (Å²) in [5.41, 5.74) is -0.0831. The van der Waals surface area contributed by atoms with E-state index in [4.69, 9.17) is 10.4 Å². The Morgan fingerprint density at radius 3 is 2.83 bits per heavy atom. The molecule has 0 saturated carbocycles. The van der Waals surface area contributed by atoms with E-state index in [0.29, 0.717) is 0 Å². The minimum Gasteiger partial charge on any atom is -0.477 e. The van der Waals surface area contributed by atoms with E-state index < -0.39 is 5.97 Å². The minimum absolute atomic E-state index is 0.0831. The molecule has 0 amide bonds. The summed E-state index contributed by atoms with van der Waals surface area (Å²) >= 11 is 0. The van der Waals surface area contributed by atoms with Crippen molar-refractivity contribution in [2.75, 3.05) is 0 Å². The smallest absolute Gasteiger partial charge is 0.354 e. The van der Waals surface area contributed by atoms with Crippen LogP contribution in [0.4, 0.5) is 0 Å².